The number of furan rings is 1. The molecule has 1 aromatic heterocycles. The lowest BCUT2D eigenvalue weighted by Crippen LogP contribution is -2.16. The highest BCUT2D eigenvalue weighted by Crippen LogP contribution is 2.43. The number of phenols is 1. The number of benzene rings is 1. The average molecular weight is 282 g/mol. The molecule has 0 amide bonds. The van der Waals surface area contributed by atoms with Crippen LogP contribution in [0.25, 0.3) is 5.57 Å². The predicted octanol–water partition coefficient (Wildman–Crippen LogP) is 4.15. The Labute approximate surface area is 123 Å². The molecule has 0 bridgehead atoms. The normalized spacial score (nSPS) is 21.3. The molecule has 2 aromatic rings. The number of hydrogen-bond donors (Lipinski definition) is 1. The van der Waals surface area contributed by atoms with Gasteiger partial charge in [-0.05, 0) is 41.8 Å². The zero-order valence-electron chi connectivity index (χ0n) is 12.0. The maximum atomic E-state index is 12.2. The minimum absolute atomic E-state index is 0.0799. The molecule has 0 radical (unpaired) electrons. The monoisotopic (exact) mass is 282 g/mol. The van der Waals surface area contributed by atoms with E-state index in [-0.39, 0.29) is 23.4 Å². The summed E-state index contributed by atoms with van der Waals surface area (Å²) in [5, 5.41) is 9.39. The summed E-state index contributed by atoms with van der Waals surface area (Å²) in [6.07, 6.45) is 5.03. The van der Waals surface area contributed by atoms with Gasteiger partial charge in [-0.3, -0.25) is 4.79 Å². The van der Waals surface area contributed by atoms with Gasteiger partial charge < -0.3 is 9.52 Å². The van der Waals surface area contributed by atoms with Crippen LogP contribution in [0.4, 0.5) is 0 Å². The van der Waals surface area contributed by atoms with Gasteiger partial charge >= 0.3 is 0 Å². The molecule has 1 aliphatic carbocycles. The van der Waals surface area contributed by atoms with E-state index in [0.29, 0.717) is 6.42 Å². The summed E-state index contributed by atoms with van der Waals surface area (Å²) < 4.78 is 5.52. The third kappa shape index (κ3) is 2.64. The minimum Gasteiger partial charge on any atom is -0.508 e. The fourth-order valence-electron chi connectivity index (χ4n) is 2.99. The van der Waals surface area contributed by atoms with E-state index in [2.05, 4.69) is 6.08 Å². The molecule has 3 rings (SSSR count). The molecule has 0 aliphatic heterocycles. The minimum atomic E-state index is -0.120. The number of rotatable bonds is 4. The Morgan fingerprint density at radius 2 is 2.05 bits per heavy atom. The van der Waals surface area contributed by atoms with Gasteiger partial charge in [0.15, 0.2) is 0 Å². The standard InChI is InChI=1S/C18H18O3/c1-2-17(20)15-10-13(12-5-7-14(19)8-6-12)11-16(15)18-4-3-9-21-18/h3-10,15-16,19H,2,11H2,1H3. The first-order chi connectivity index (χ1) is 10.2. The van der Waals surface area contributed by atoms with Crippen LogP contribution >= 0.6 is 0 Å². The number of Topliss-reactive ketones (excluding diaryl/α,β-unsaturated/α-hetero) is 1. The van der Waals surface area contributed by atoms with E-state index in [0.717, 1.165) is 23.3 Å². The lowest BCUT2D eigenvalue weighted by Gasteiger charge is -2.15. The van der Waals surface area contributed by atoms with Crippen LogP contribution in [0.5, 0.6) is 5.75 Å². The summed E-state index contributed by atoms with van der Waals surface area (Å²) in [6.45, 7) is 1.90. The number of allylic oxidation sites excluding steroid dienone is 2. The molecule has 3 nitrogen and oxygen atoms in total. The molecule has 0 spiro atoms. The molecule has 1 aromatic carbocycles. The van der Waals surface area contributed by atoms with Gasteiger partial charge in [-0.1, -0.05) is 25.1 Å². The Morgan fingerprint density at radius 1 is 1.29 bits per heavy atom. The van der Waals surface area contributed by atoms with Crippen LogP contribution in [-0.2, 0) is 4.79 Å². The van der Waals surface area contributed by atoms with Crippen LogP contribution in [0.1, 0.15) is 37.0 Å². The van der Waals surface area contributed by atoms with Crippen LogP contribution in [0, 0.1) is 5.92 Å². The largest absolute Gasteiger partial charge is 0.508 e. The van der Waals surface area contributed by atoms with E-state index in [1.54, 1.807) is 18.4 Å². The quantitative estimate of drug-likeness (QED) is 0.916. The predicted molar refractivity (Wildman–Crippen MR) is 80.9 cm³/mol. The molecule has 108 valence electrons. The van der Waals surface area contributed by atoms with Crippen molar-refractivity contribution in [1.82, 2.24) is 0 Å². The highest BCUT2D eigenvalue weighted by Gasteiger charge is 2.34. The molecular formula is C18H18O3. The van der Waals surface area contributed by atoms with Crippen molar-refractivity contribution in [2.75, 3.05) is 0 Å². The number of phenolic OH excluding ortho intramolecular Hbond substituents is 1. The van der Waals surface area contributed by atoms with Gasteiger partial charge in [0.05, 0.1) is 6.26 Å². The molecule has 1 N–H and O–H groups in total. The van der Waals surface area contributed by atoms with Crippen molar-refractivity contribution in [3.8, 4) is 5.75 Å². The number of carbonyl (C=O) groups is 1. The second kappa shape index (κ2) is 5.60. The summed E-state index contributed by atoms with van der Waals surface area (Å²) in [4.78, 5) is 12.2. The van der Waals surface area contributed by atoms with Gasteiger partial charge in [0.1, 0.15) is 17.3 Å². The van der Waals surface area contributed by atoms with Crippen molar-refractivity contribution in [2.45, 2.75) is 25.7 Å². The average Bonchev–Trinajstić information content (AvgIpc) is 3.16. The van der Waals surface area contributed by atoms with Gasteiger partial charge in [-0.25, -0.2) is 0 Å². The van der Waals surface area contributed by atoms with Gasteiger partial charge in [0.25, 0.3) is 0 Å². The second-order valence-corrected chi connectivity index (χ2v) is 5.41. The molecule has 2 atom stereocenters. The summed E-state index contributed by atoms with van der Waals surface area (Å²) in [5.74, 6) is 1.32. The van der Waals surface area contributed by atoms with Crippen molar-refractivity contribution in [3.05, 3.63) is 60.1 Å². The smallest absolute Gasteiger partial charge is 0.140 e. The highest BCUT2D eigenvalue weighted by molar-refractivity contribution is 5.88. The van der Waals surface area contributed by atoms with Crippen molar-refractivity contribution in [1.29, 1.82) is 0 Å². The van der Waals surface area contributed by atoms with Crippen molar-refractivity contribution in [3.63, 3.8) is 0 Å². The fourth-order valence-corrected chi connectivity index (χ4v) is 2.99. The summed E-state index contributed by atoms with van der Waals surface area (Å²) in [6, 6.07) is 10.9. The molecule has 2 unspecified atom stereocenters. The first-order valence-electron chi connectivity index (χ1n) is 7.25. The van der Waals surface area contributed by atoms with E-state index in [1.807, 2.05) is 31.2 Å². The zero-order valence-corrected chi connectivity index (χ0v) is 12.0. The Morgan fingerprint density at radius 3 is 2.67 bits per heavy atom. The lowest BCUT2D eigenvalue weighted by atomic mass is 9.88. The third-order valence-electron chi connectivity index (χ3n) is 4.12. The zero-order chi connectivity index (χ0) is 14.8. The van der Waals surface area contributed by atoms with Crippen LogP contribution in [0.15, 0.2) is 53.2 Å². The van der Waals surface area contributed by atoms with E-state index >= 15 is 0 Å². The summed E-state index contributed by atoms with van der Waals surface area (Å²) in [7, 11) is 0. The topological polar surface area (TPSA) is 50.4 Å². The fraction of sp³-hybridized carbons (Fsp3) is 0.278. The molecule has 3 heteroatoms. The Bertz CT molecular complexity index is 650. The van der Waals surface area contributed by atoms with Crippen molar-refractivity contribution >= 4 is 11.4 Å². The van der Waals surface area contributed by atoms with Crippen molar-refractivity contribution < 1.29 is 14.3 Å². The Kier molecular flexibility index (Phi) is 3.65. The second-order valence-electron chi connectivity index (χ2n) is 5.41. The van der Waals surface area contributed by atoms with Gasteiger partial charge in [0, 0.05) is 18.3 Å². The molecule has 1 aliphatic rings. The SMILES string of the molecule is CCC(=O)C1C=C(c2ccc(O)cc2)CC1c1ccco1. The van der Waals surface area contributed by atoms with Gasteiger partial charge in [-0.2, -0.15) is 0 Å². The van der Waals surface area contributed by atoms with Gasteiger partial charge in [0.2, 0.25) is 0 Å². The van der Waals surface area contributed by atoms with E-state index in [9.17, 15) is 9.90 Å². The first kappa shape index (κ1) is 13.7. The van der Waals surface area contributed by atoms with E-state index in [1.165, 1.54) is 0 Å². The number of aromatic hydroxyl groups is 1. The molecule has 1 heterocycles. The number of carbonyl (C=O) groups excluding carboxylic acids is 1. The molecule has 0 saturated carbocycles. The van der Waals surface area contributed by atoms with E-state index in [4.69, 9.17) is 4.42 Å². The summed E-state index contributed by atoms with van der Waals surface area (Å²) in [5.41, 5.74) is 2.19. The highest BCUT2D eigenvalue weighted by atomic mass is 16.3. The molecular weight excluding hydrogens is 264 g/mol. The third-order valence-corrected chi connectivity index (χ3v) is 4.12. The van der Waals surface area contributed by atoms with Gasteiger partial charge in [-0.15, -0.1) is 0 Å². The van der Waals surface area contributed by atoms with Crippen LogP contribution in [0.2, 0.25) is 0 Å². The maximum Gasteiger partial charge on any atom is 0.140 e. The molecule has 0 fully saturated rings. The van der Waals surface area contributed by atoms with Crippen LogP contribution < -0.4 is 0 Å². The van der Waals surface area contributed by atoms with Crippen LogP contribution in [-0.4, -0.2) is 10.9 Å². The molecule has 21 heavy (non-hydrogen) atoms. The lowest BCUT2D eigenvalue weighted by molar-refractivity contribution is -0.121. The van der Waals surface area contributed by atoms with Crippen molar-refractivity contribution in [2.24, 2.45) is 5.92 Å². The number of ketones is 1. The maximum absolute atomic E-state index is 12.2. The van der Waals surface area contributed by atoms with E-state index < -0.39 is 0 Å². The first-order valence-corrected chi connectivity index (χ1v) is 7.25. The van der Waals surface area contributed by atoms with Crippen LogP contribution in [0.3, 0.4) is 0 Å². The molecule has 0 saturated heterocycles. The Balaban J connectivity index is 1.93. The number of hydrogen-bond acceptors (Lipinski definition) is 3. The summed E-state index contributed by atoms with van der Waals surface area (Å²) >= 11 is 0. The Hall–Kier alpha value is -2.29.